The first kappa shape index (κ1) is 19.1. The maximum Gasteiger partial charge on any atom is 0.264 e. The van der Waals surface area contributed by atoms with Gasteiger partial charge in [-0.2, -0.15) is 0 Å². The number of aryl methyl sites for hydroxylation is 1. The van der Waals surface area contributed by atoms with Crippen molar-refractivity contribution < 1.29 is 23.0 Å². The van der Waals surface area contributed by atoms with E-state index in [4.69, 9.17) is 14.6 Å². The van der Waals surface area contributed by atoms with Crippen LogP contribution in [-0.2, 0) is 16.4 Å². The molecule has 0 aliphatic rings. The summed E-state index contributed by atoms with van der Waals surface area (Å²) in [5, 5.41) is 8.87. The van der Waals surface area contributed by atoms with Crippen LogP contribution >= 0.6 is 0 Å². The Balaban J connectivity index is 2.29. The highest BCUT2D eigenvalue weighted by atomic mass is 32.2. The standard InChI is InChI=1S/C18H23NO5S/c1-19(15-8-11-17(23-2)18(13-15)24-3)25(21,22)16-9-6-14(7-10-16)5-4-12-20/h6-11,13,20H,4-5,12H2,1-3H3. The number of rotatable bonds is 8. The number of anilines is 1. The van der Waals surface area contributed by atoms with Gasteiger partial charge in [0.05, 0.1) is 24.8 Å². The normalized spacial score (nSPS) is 11.2. The molecule has 0 spiro atoms. The van der Waals surface area contributed by atoms with Gasteiger partial charge in [-0.25, -0.2) is 8.42 Å². The molecule has 0 bridgehead atoms. The van der Waals surface area contributed by atoms with Crippen molar-refractivity contribution in [2.75, 3.05) is 32.2 Å². The van der Waals surface area contributed by atoms with E-state index in [1.54, 1.807) is 42.5 Å². The fourth-order valence-electron chi connectivity index (χ4n) is 2.43. The number of ether oxygens (including phenoxy) is 2. The second kappa shape index (κ2) is 8.22. The average Bonchev–Trinajstić information content (AvgIpc) is 2.65. The van der Waals surface area contributed by atoms with Gasteiger partial charge in [-0.3, -0.25) is 4.31 Å². The smallest absolute Gasteiger partial charge is 0.264 e. The first-order valence-electron chi connectivity index (χ1n) is 7.84. The first-order valence-corrected chi connectivity index (χ1v) is 9.28. The lowest BCUT2D eigenvalue weighted by Gasteiger charge is -2.21. The lowest BCUT2D eigenvalue weighted by molar-refractivity contribution is 0.288. The predicted octanol–water partition coefficient (Wildman–Crippen LogP) is 2.45. The van der Waals surface area contributed by atoms with E-state index < -0.39 is 10.0 Å². The van der Waals surface area contributed by atoms with Crippen LogP contribution in [0, 0.1) is 0 Å². The van der Waals surface area contributed by atoms with Gasteiger partial charge in [-0.15, -0.1) is 0 Å². The van der Waals surface area contributed by atoms with Crippen molar-refractivity contribution in [2.45, 2.75) is 17.7 Å². The zero-order chi connectivity index (χ0) is 18.4. The van der Waals surface area contributed by atoms with Gasteiger partial charge in [0.2, 0.25) is 0 Å². The monoisotopic (exact) mass is 365 g/mol. The number of nitrogens with zero attached hydrogens (tertiary/aromatic N) is 1. The van der Waals surface area contributed by atoms with Crippen LogP contribution in [0.4, 0.5) is 5.69 Å². The Morgan fingerprint density at radius 1 is 1.00 bits per heavy atom. The molecule has 0 aliphatic carbocycles. The minimum atomic E-state index is -3.69. The Labute approximate surface area is 148 Å². The van der Waals surface area contributed by atoms with E-state index in [-0.39, 0.29) is 11.5 Å². The highest BCUT2D eigenvalue weighted by molar-refractivity contribution is 7.92. The summed E-state index contributed by atoms with van der Waals surface area (Å²) in [5.41, 5.74) is 1.46. The quantitative estimate of drug-likeness (QED) is 0.778. The Morgan fingerprint density at radius 2 is 1.64 bits per heavy atom. The third kappa shape index (κ3) is 4.24. The summed E-state index contributed by atoms with van der Waals surface area (Å²) in [5.74, 6) is 0.992. The summed E-state index contributed by atoms with van der Waals surface area (Å²) in [6.45, 7) is 0.113. The Bertz CT molecular complexity index is 803. The van der Waals surface area contributed by atoms with Crippen LogP contribution in [0.25, 0.3) is 0 Å². The number of hydrogen-bond donors (Lipinski definition) is 1. The van der Waals surface area contributed by atoms with Crippen LogP contribution in [0.1, 0.15) is 12.0 Å². The molecule has 2 rings (SSSR count). The molecule has 0 saturated heterocycles. The van der Waals surface area contributed by atoms with Crippen LogP contribution < -0.4 is 13.8 Å². The zero-order valence-corrected chi connectivity index (χ0v) is 15.4. The molecule has 0 heterocycles. The summed E-state index contributed by atoms with van der Waals surface area (Å²) in [6.07, 6.45) is 1.36. The molecule has 0 aliphatic heterocycles. The van der Waals surface area contributed by atoms with E-state index in [9.17, 15) is 8.42 Å². The molecule has 6 nitrogen and oxygen atoms in total. The minimum absolute atomic E-state index is 0.113. The van der Waals surface area contributed by atoms with Crippen molar-refractivity contribution in [3.8, 4) is 11.5 Å². The molecule has 0 fully saturated rings. The summed E-state index contributed by atoms with van der Waals surface area (Å²) in [6, 6.07) is 11.6. The van der Waals surface area contributed by atoms with E-state index in [2.05, 4.69) is 0 Å². The summed E-state index contributed by atoms with van der Waals surface area (Å²) in [4.78, 5) is 0.206. The van der Waals surface area contributed by atoms with Crippen molar-refractivity contribution in [3.05, 3.63) is 48.0 Å². The minimum Gasteiger partial charge on any atom is -0.493 e. The van der Waals surface area contributed by atoms with Gasteiger partial charge in [0.1, 0.15) is 0 Å². The lowest BCUT2D eigenvalue weighted by atomic mass is 10.1. The molecule has 2 aromatic rings. The zero-order valence-electron chi connectivity index (χ0n) is 14.6. The molecular formula is C18H23NO5S. The molecule has 0 atom stereocenters. The molecule has 0 amide bonds. The van der Waals surface area contributed by atoms with E-state index in [0.717, 1.165) is 5.56 Å². The highest BCUT2D eigenvalue weighted by Gasteiger charge is 2.22. The van der Waals surface area contributed by atoms with E-state index in [0.29, 0.717) is 30.0 Å². The molecule has 0 saturated carbocycles. The van der Waals surface area contributed by atoms with Gasteiger partial charge in [0, 0.05) is 19.7 Å². The van der Waals surface area contributed by atoms with Crippen molar-refractivity contribution in [2.24, 2.45) is 0 Å². The fourth-order valence-corrected chi connectivity index (χ4v) is 3.62. The van der Waals surface area contributed by atoms with Crippen molar-refractivity contribution in [3.63, 3.8) is 0 Å². The third-order valence-corrected chi connectivity index (χ3v) is 5.74. The number of methoxy groups -OCH3 is 2. The molecule has 0 aromatic heterocycles. The van der Waals surface area contributed by atoms with Gasteiger partial charge >= 0.3 is 0 Å². The van der Waals surface area contributed by atoms with E-state index in [1.807, 2.05) is 0 Å². The Morgan fingerprint density at radius 3 is 2.20 bits per heavy atom. The molecular weight excluding hydrogens is 342 g/mol. The van der Waals surface area contributed by atoms with Crippen LogP contribution in [0.15, 0.2) is 47.4 Å². The largest absolute Gasteiger partial charge is 0.493 e. The van der Waals surface area contributed by atoms with E-state index in [1.165, 1.54) is 25.6 Å². The summed E-state index contributed by atoms with van der Waals surface area (Å²) < 4.78 is 37.3. The Kier molecular flexibility index (Phi) is 6.27. The van der Waals surface area contributed by atoms with Gasteiger partial charge < -0.3 is 14.6 Å². The summed E-state index contributed by atoms with van der Waals surface area (Å²) >= 11 is 0. The molecule has 25 heavy (non-hydrogen) atoms. The second-order valence-corrected chi connectivity index (χ2v) is 7.45. The van der Waals surface area contributed by atoms with Crippen LogP contribution in [0.2, 0.25) is 0 Å². The lowest BCUT2D eigenvalue weighted by Crippen LogP contribution is -2.26. The summed E-state index contributed by atoms with van der Waals surface area (Å²) in [7, 11) is 0.835. The Hall–Kier alpha value is -2.25. The first-order chi connectivity index (χ1) is 11.9. The molecule has 7 heteroatoms. The molecule has 0 radical (unpaired) electrons. The third-order valence-electron chi connectivity index (χ3n) is 3.94. The maximum atomic E-state index is 12.8. The molecule has 136 valence electrons. The molecule has 1 N–H and O–H groups in total. The SMILES string of the molecule is COc1ccc(N(C)S(=O)(=O)c2ccc(CCCO)cc2)cc1OC. The van der Waals surface area contributed by atoms with Crippen molar-refractivity contribution >= 4 is 15.7 Å². The van der Waals surface area contributed by atoms with Gasteiger partial charge in [-0.05, 0) is 42.7 Å². The highest BCUT2D eigenvalue weighted by Crippen LogP contribution is 2.33. The number of aliphatic hydroxyl groups excluding tert-OH is 1. The van der Waals surface area contributed by atoms with E-state index >= 15 is 0 Å². The predicted molar refractivity (Wildman–Crippen MR) is 97.0 cm³/mol. The van der Waals surface area contributed by atoms with Crippen LogP contribution in [0.5, 0.6) is 11.5 Å². The molecule has 0 unspecified atom stereocenters. The van der Waals surface area contributed by atoms with Crippen molar-refractivity contribution in [1.29, 1.82) is 0 Å². The number of hydrogen-bond acceptors (Lipinski definition) is 5. The second-order valence-electron chi connectivity index (χ2n) is 5.48. The number of aliphatic hydroxyl groups is 1. The van der Waals surface area contributed by atoms with Gasteiger partial charge in [-0.1, -0.05) is 12.1 Å². The van der Waals surface area contributed by atoms with Crippen LogP contribution in [-0.4, -0.2) is 41.4 Å². The average molecular weight is 365 g/mol. The number of sulfonamides is 1. The van der Waals surface area contributed by atoms with Gasteiger partial charge in [0.25, 0.3) is 10.0 Å². The van der Waals surface area contributed by atoms with Crippen LogP contribution in [0.3, 0.4) is 0 Å². The molecule has 2 aromatic carbocycles. The van der Waals surface area contributed by atoms with Crippen molar-refractivity contribution in [1.82, 2.24) is 0 Å². The maximum absolute atomic E-state index is 12.8. The topological polar surface area (TPSA) is 76.1 Å². The van der Waals surface area contributed by atoms with Gasteiger partial charge in [0.15, 0.2) is 11.5 Å². The fraction of sp³-hybridized carbons (Fsp3) is 0.333. The number of benzene rings is 2.